The lowest BCUT2D eigenvalue weighted by atomic mass is 10.0. The second-order valence-corrected chi connectivity index (χ2v) is 8.91. The van der Waals surface area contributed by atoms with Crippen LogP contribution in [0.1, 0.15) is 48.1 Å². The van der Waals surface area contributed by atoms with Gasteiger partial charge >= 0.3 is 0 Å². The van der Waals surface area contributed by atoms with Crippen molar-refractivity contribution in [2.24, 2.45) is 5.73 Å². The molecule has 3 heterocycles. The monoisotopic (exact) mass is 438 g/mol. The molecule has 1 aromatic rings. The van der Waals surface area contributed by atoms with E-state index < -0.39 is 12.1 Å². The fourth-order valence-electron chi connectivity index (χ4n) is 5.35. The van der Waals surface area contributed by atoms with Crippen LogP contribution in [0.25, 0.3) is 0 Å². The second kappa shape index (κ2) is 8.88. The van der Waals surface area contributed by atoms with Gasteiger partial charge in [-0.15, -0.1) is 0 Å². The van der Waals surface area contributed by atoms with Gasteiger partial charge in [0.1, 0.15) is 6.04 Å². The Bertz CT molecular complexity index is 959. The Hall–Kier alpha value is -2.96. The number of nitrogens with two attached hydrogens (primary N) is 1. The van der Waals surface area contributed by atoms with E-state index >= 15 is 0 Å². The van der Waals surface area contributed by atoms with Gasteiger partial charge in [0.2, 0.25) is 11.8 Å². The predicted octanol–water partition coefficient (Wildman–Crippen LogP) is 0.234. The third kappa shape index (κ3) is 3.85. The molecule has 0 aliphatic carbocycles. The zero-order chi connectivity index (χ0) is 23.0. The van der Waals surface area contributed by atoms with Crippen LogP contribution >= 0.6 is 0 Å². The number of nitrogens with one attached hydrogen (secondary N) is 1. The van der Waals surface area contributed by atoms with Gasteiger partial charge in [0.15, 0.2) is 0 Å². The summed E-state index contributed by atoms with van der Waals surface area (Å²) in [6, 6.07) is 8.00. The van der Waals surface area contributed by atoms with Crippen LogP contribution < -0.4 is 11.1 Å². The molecule has 1 aromatic carbocycles. The molecule has 0 spiro atoms. The molecule has 3 aliphatic heterocycles. The topological polar surface area (TPSA) is 123 Å². The van der Waals surface area contributed by atoms with Gasteiger partial charge in [-0.25, -0.2) is 0 Å². The van der Waals surface area contributed by atoms with E-state index in [9.17, 15) is 19.6 Å². The third-order valence-electron chi connectivity index (χ3n) is 7.02. The third-order valence-corrected chi connectivity index (χ3v) is 7.02. The number of hydrogen-bond acceptors (Lipinski definition) is 6. The number of amides is 3. The van der Waals surface area contributed by atoms with Crippen LogP contribution in [-0.4, -0.2) is 83.3 Å². The van der Waals surface area contributed by atoms with Crippen molar-refractivity contribution < 1.29 is 14.4 Å². The summed E-state index contributed by atoms with van der Waals surface area (Å²) in [4.78, 5) is 43.4. The van der Waals surface area contributed by atoms with Crippen LogP contribution in [0.4, 0.5) is 0 Å². The molecule has 4 unspecified atom stereocenters. The summed E-state index contributed by atoms with van der Waals surface area (Å²) in [5, 5.41) is 11.9. The highest BCUT2D eigenvalue weighted by Crippen LogP contribution is 2.38. The van der Waals surface area contributed by atoms with E-state index in [0.717, 1.165) is 12.0 Å². The van der Waals surface area contributed by atoms with E-state index in [1.807, 2.05) is 34.9 Å². The van der Waals surface area contributed by atoms with E-state index in [4.69, 9.17) is 5.73 Å². The molecule has 9 heteroatoms. The average Bonchev–Trinajstić information content (AvgIpc) is 3.52. The zero-order valence-electron chi connectivity index (χ0n) is 18.5. The Morgan fingerprint density at radius 1 is 1.38 bits per heavy atom. The van der Waals surface area contributed by atoms with Crippen LogP contribution in [0.3, 0.4) is 0 Å². The smallest absolute Gasteiger partial charge is 0.251 e. The molecule has 2 bridgehead atoms. The minimum absolute atomic E-state index is 0.0369. The number of carbonyl (C=O) groups is 3. The van der Waals surface area contributed by atoms with Gasteiger partial charge in [0, 0.05) is 38.3 Å². The molecule has 3 fully saturated rings. The minimum atomic E-state index is -0.744. The summed E-state index contributed by atoms with van der Waals surface area (Å²) in [7, 11) is 1.59. The maximum atomic E-state index is 13.2. The summed E-state index contributed by atoms with van der Waals surface area (Å²) < 4.78 is 0. The molecule has 3 saturated heterocycles. The summed E-state index contributed by atoms with van der Waals surface area (Å²) >= 11 is 0. The highest BCUT2D eigenvalue weighted by atomic mass is 16.2. The van der Waals surface area contributed by atoms with Crippen LogP contribution in [0.15, 0.2) is 24.3 Å². The summed E-state index contributed by atoms with van der Waals surface area (Å²) in [5.74, 6) is -0.329. The fourth-order valence-corrected chi connectivity index (χ4v) is 5.35. The van der Waals surface area contributed by atoms with E-state index in [2.05, 4.69) is 11.4 Å². The van der Waals surface area contributed by atoms with Crippen LogP contribution in [-0.2, 0) is 9.59 Å². The molecule has 0 aromatic heterocycles. The number of hydrogen-bond donors (Lipinski definition) is 2. The number of nitrogens with zero attached hydrogens (tertiary/aromatic N) is 4. The molecule has 9 nitrogen and oxygen atoms in total. The first-order chi connectivity index (χ1) is 15.3. The molecule has 5 atom stereocenters. The number of nitriles is 1. The maximum absolute atomic E-state index is 13.2. The van der Waals surface area contributed by atoms with E-state index in [-0.39, 0.29) is 35.8 Å². The molecule has 3 amide bonds. The van der Waals surface area contributed by atoms with Crippen LogP contribution in [0.2, 0.25) is 0 Å². The number of likely N-dealkylation sites (tertiary alicyclic amines) is 3. The lowest BCUT2D eigenvalue weighted by molar-refractivity contribution is -0.140. The summed E-state index contributed by atoms with van der Waals surface area (Å²) in [6.45, 7) is 3.53. The number of fused-ring (bicyclic) bond motifs is 2. The lowest BCUT2D eigenvalue weighted by Crippen LogP contribution is -2.56. The van der Waals surface area contributed by atoms with Gasteiger partial charge < -0.3 is 20.9 Å². The summed E-state index contributed by atoms with van der Waals surface area (Å²) in [6.07, 6.45) is 2.22. The Morgan fingerprint density at radius 2 is 2.16 bits per heavy atom. The number of carbonyl (C=O) groups excluding carboxylic acids is 3. The number of benzene rings is 1. The van der Waals surface area contributed by atoms with Crippen molar-refractivity contribution in [1.82, 2.24) is 20.0 Å². The van der Waals surface area contributed by atoms with Crippen LogP contribution in [0.5, 0.6) is 0 Å². The highest BCUT2D eigenvalue weighted by Gasteiger charge is 2.51. The predicted molar refractivity (Wildman–Crippen MR) is 117 cm³/mol. The molecular formula is C23H30N6O3. The fraction of sp³-hybridized carbons (Fsp3) is 0.565. The Kier molecular flexibility index (Phi) is 6.17. The first-order valence-electron chi connectivity index (χ1n) is 11.2. The van der Waals surface area contributed by atoms with Gasteiger partial charge in [0.05, 0.1) is 24.2 Å². The number of rotatable bonds is 6. The molecule has 170 valence electrons. The van der Waals surface area contributed by atoms with Crippen molar-refractivity contribution in [3.63, 3.8) is 0 Å². The van der Waals surface area contributed by atoms with Crippen molar-refractivity contribution in [2.45, 2.75) is 56.4 Å². The van der Waals surface area contributed by atoms with E-state index in [1.54, 1.807) is 18.0 Å². The van der Waals surface area contributed by atoms with Gasteiger partial charge in [-0.2, -0.15) is 5.26 Å². The van der Waals surface area contributed by atoms with Gasteiger partial charge in [-0.05, 0) is 43.9 Å². The lowest BCUT2D eigenvalue weighted by Gasteiger charge is -2.38. The summed E-state index contributed by atoms with van der Waals surface area (Å²) in [5.41, 5.74) is 7.70. The average molecular weight is 439 g/mol. The van der Waals surface area contributed by atoms with Crippen LogP contribution in [0, 0.1) is 11.3 Å². The Labute approximate surface area is 188 Å². The standard InChI is InChI=1S/C23H30N6O3/c1-14(15-5-3-6-16(9-15)21(30)26-2)29-18-10-20(23(29)32)27(12-18)13-19(25)22(31)28-8-4-7-17(28)11-24/h3,5-6,9,14,17-20H,4,7-8,10,12-13,25H2,1-2H3,(H,26,30)/t14?,17?,18?,19?,20-/m0/s1. The molecule has 3 aliphatic rings. The molecular weight excluding hydrogens is 408 g/mol. The van der Waals surface area contributed by atoms with Crippen molar-refractivity contribution in [3.8, 4) is 6.07 Å². The second-order valence-electron chi connectivity index (χ2n) is 8.91. The molecule has 0 saturated carbocycles. The Balaban J connectivity index is 1.41. The normalized spacial score (nSPS) is 26.8. The van der Waals surface area contributed by atoms with Crippen molar-refractivity contribution in [2.75, 3.05) is 26.7 Å². The minimum Gasteiger partial charge on any atom is -0.355 e. The molecule has 0 radical (unpaired) electrons. The highest BCUT2D eigenvalue weighted by molar-refractivity contribution is 5.94. The number of piperazine rings is 1. The van der Waals surface area contributed by atoms with Gasteiger partial charge in [-0.1, -0.05) is 12.1 Å². The molecule has 32 heavy (non-hydrogen) atoms. The maximum Gasteiger partial charge on any atom is 0.251 e. The largest absolute Gasteiger partial charge is 0.355 e. The first-order valence-corrected chi connectivity index (χ1v) is 11.2. The van der Waals surface area contributed by atoms with Gasteiger partial charge in [-0.3, -0.25) is 19.3 Å². The van der Waals surface area contributed by atoms with Crippen molar-refractivity contribution in [3.05, 3.63) is 35.4 Å². The van der Waals surface area contributed by atoms with Gasteiger partial charge in [0.25, 0.3) is 5.91 Å². The SMILES string of the molecule is CNC(=O)c1cccc(C(C)N2C(=O)[C@@H]3CC2CN3CC(N)C(=O)N2CCCC2C#N)c1. The van der Waals surface area contributed by atoms with Crippen molar-refractivity contribution >= 4 is 17.7 Å². The van der Waals surface area contributed by atoms with Crippen molar-refractivity contribution in [1.29, 1.82) is 5.26 Å². The molecule has 4 rings (SSSR count). The first kappa shape index (κ1) is 22.2. The quantitative estimate of drug-likeness (QED) is 0.656. The Morgan fingerprint density at radius 3 is 2.84 bits per heavy atom. The van der Waals surface area contributed by atoms with E-state index in [0.29, 0.717) is 38.0 Å². The van der Waals surface area contributed by atoms with E-state index in [1.165, 1.54) is 0 Å². The zero-order valence-corrected chi connectivity index (χ0v) is 18.5. The molecule has 3 N–H and O–H groups in total.